The van der Waals surface area contributed by atoms with Crippen molar-refractivity contribution in [2.45, 2.75) is 37.5 Å². The highest BCUT2D eigenvalue weighted by atomic mass is 16.7. The predicted molar refractivity (Wildman–Crippen MR) is 149 cm³/mol. The molecule has 2 fully saturated rings. The molecule has 0 spiro atoms. The van der Waals surface area contributed by atoms with Crippen molar-refractivity contribution in [3.63, 3.8) is 0 Å². The van der Waals surface area contributed by atoms with E-state index in [9.17, 15) is 9.59 Å². The molecule has 3 atom stereocenters. The van der Waals surface area contributed by atoms with Crippen LogP contribution in [0.5, 0.6) is 11.5 Å². The van der Waals surface area contributed by atoms with E-state index in [1.807, 2.05) is 46.2 Å². The van der Waals surface area contributed by atoms with Crippen molar-refractivity contribution in [1.29, 1.82) is 0 Å². The molecule has 8 nitrogen and oxygen atoms in total. The zero-order valence-electron chi connectivity index (χ0n) is 22.1. The average Bonchev–Trinajstić information content (AvgIpc) is 3.72. The minimum atomic E-state index is -0.549. The molecule has 0 aliphatic carbocycles. The second-order valence-corrected chi connectivity index (χ2v) is 11.2. The first-order valence-corrected chi connectivity index (χ1v) is 14.0. The monoisotopic (exact) mass is 534 g/mol. The number of aromatic nitrogens is 1. The Kier molecular flexibility index (Phi) is 5.38. The standard InChI is InChI=1S/C32H30N4O4/c37-29-18-35(22-12-13-34(17-22)16-20-6-2-1-3-7-20)32(38)26-15-24-23-8-4-5-9-25(23)33-30(24)31(36(26)29)21-10-11-27-28(14-21)40-19-39-27/h1-11,14,22,26,31,33H,12-13,15-19H2/t22?,26-,31-/m1/s1. The summed E-state index contributed by atoms with van der Waals surface area (Å²) >= 11 is 0. The van der Waals surface area contributed by atoms with Crippen molar-refractivity contribution in [3.8, 4) is 11.5 Å². The maximum Gasteiger partial charge on any atom is 0.246 e. The highest BCUT2D eigenvalue weighted by molar-refractivity contribution is 5.98. The first kappa shape index (κ1) is 23.6. The highest BCUT2D eigenvalue weighted by Crippen LogP contribution is 2.45. The molecule has 0 saturated carbocycles. The van der Waals surface area contributed by atoms with E-state index in [0.717, 1.165) is 53.8 Å². The summed E-state index contributed by atoms with van der Waals surface area (Å²) in [6.45, 7) is 2.84. The summed E-state index contributed by atoms with van der Waals surface area (Å²) in [6, 6.07) is 23.5. The van der Waals surface area contributed by atoms with Crippen LogP contribution >= 0.6 is 0 Å². The molecule has 0 radical (unpaired) electrons. The zero-order valence-corrected chi connectivity index (χ0v) is 22.1. The number of rotatable bonds is 4. The van der Waals surface area contributed by atoms with Gasteiger partial charge in [0.2, 0.25) is 18.6 Å². The quantitative estimate of drug-likeness (QED) is 0.430. The van der Waals surface area contributed by atoms with Gasteiger partial charge in [0, 0.05) is 48.7 Å². The third-order valence-corrected chi connectivity index (χ3v) is 8.94. The Balaban J connectivity index is 1.14. The minimum Gasteiger partial charge on any atom is -0.454 e. The number of fused-ring (bicyclic) bond motifs is 5. The molecule has 5 heterocycles. The summed E-state index contributed by atoms with van der Waals surface area (Å²) in [5, 5.41) is 1.11. The zero-order chi connectivity index (χ0) is 26.8. The molecule has 4 aliphatic rings. The van der Waals surface area contributed by atoms with E-state index in [2.05, 4.69) is 46.3 Å². The maximum absolute atomic E-state index is 14.2. The largest absolute Gasteiger partial charge is 0.454 e. The van der Waals surface area contributed by atoms with Gasteiger partial charge in [0.15, 0.2) is 11.5 Å². The van der Waals surface area contributed by atoms with Gasteiger partial charge in [0.25, 0.3) is 0 Å². The second-order valence-electron chi connectivity index (χ2n) is 11.2. The van der Waals surface area contributed by atoms with Gasteiger partial charge in [-0.15, -0.1) is 0 Å². The Morgan fingerprint density at radius 1 is 0.925 bits per heavy atom. The van der Waals surface area contributed by atoms with Gasteiger partial charge in [-0.3, -0.25) is 14.5 Å². The van der Waals surface area contributed by atoms with Gasteiger partial charge in [-0.2, -0.15) is 0 Å². The number of carbonyl (C=O) groups is 2. The Bertz CT molecular complexity index is 1630. The molecule has 8 heteroatoms. The molecule has 4 aromatic rings. The summed E-state index contributed by atoms with van der Waals surface area (Å²) in [6.07, 6.45) is 1.38. The van der Waals surface area contributed by atoms with Gasteiger partial charge < -0.3 is 24.3 Å². The van der Waals surface area contributed by atoms with Gasteiger partial charge in [0.05, 0.1) is 6.04 Å². The van der Waals surface area contributed by atoms with E-state index in [4.69, 9.17) is 9.47 Å². The molecule has 1 N–H and O–H groups in total. The number of benzene rings is 3. The molecule has 0 bridgehead atoms. The number of likely N-dealkylation sites (tertiary alicyclic amines) is 1. The SMILES string of the molecule is O=C1[C@H]2Cc3c([nH]c4ccccc34)[C@@H](c3ccc4c(c3)OCO4)N2C(=O)CN1C1CCN(Cc2ccccc2)C1. The third kappa shape index (κ3) is 3.70. The molecule has 3 aromatic carbocycles. The lowest BCUT2D eigenvalue weighted by Crippen LogP contribution is -2.65. The Labute approximate surface area is 232 Å². The lowest BCUT2D eigenvalue weighted by molar-refractivity contribution is -0.160. The molecule has 2 amide bonds. The fourth-order valence-electron chi connectivity index (χ4n) is 7.08. The van der Waals surface area contributed by atoms with Crippen LogP contribution in [0, 0.1) is 0 Å². The van der Waals surface area contributed by atoms with Gasteiger partial charge in [-0.1, -0.05) is 54.6 Å². The predicted octanol–water partition coefficient (Wildman–Crippen LogP) is 3.86. The van der Waals surface area contributed by atoms with E-state index in [-0.39, 0.29) is 31.2 Å². The van der Waals surface area contributed by atoms with Crippen LogP contribution < -0.4 is 9.47 Å². The highest BCUT2D eigenvalue weighted by Gasteiger charge is 2.50. The number of amides is 2. The van der Waals surface area contributed by atoms with Crippen molar-refractivity contribution >= 4 is 22.7 Å². The third-order valence-electron chi connectivity index (χ3n) is 8.94. The van der Waals surface area contributed by atoms with Crippen molar-refractivity contribution in [2.24, 2.45) is 0 Å². The van der Waals surface area contributed by atoms with Crippen molar-refractivity contribution < 1.29 is 19.1 Å². The summed E-state index contributed by atoms with van der Waals surface area (Å²) in [7, 11) is 0. The Hall–Kier alpha value is -4.30. The number of nitrogens with zero attached hydrogens (tertiary/aromatic N) is 3. The van der Waals surface area contributed by atoms with Crippen LogP contribution in [0.2, 0.25) is 0 Å². The fraction of sp³-hybridized carbons (Fsp3) is 0.312. The van der Waals surface area contributed by atoms with E-state index >= 15 is 0 Å². The molecular formula is C32H30N4O4. The minimum absolute atomic E-state index is 0.0157. The number of aromatic amines is 1. The van der Waals surface area contributed by atoms with Crippen LogP contribution in [0.1, 0.15) is 34.8 Å². The summed E-state index contributed by atoms with van der Waals surface area (Å²) < 4.78 is 11.2. The van der Waals surface area contributed by atoms with E-state index < -0.39 is 12.1 Å². The van der Waals surface area contributed by atoms with Gasteiger partial charge >= 0.3 is 0 Å². The maximum atomic E-state index is 14.2. The molecule has 40 heavy (non-hydrogen) atoms. The lowest BCUT2D eigenvalue weighted by Gasteiger charge is -2.48. The molecule has 8 rings (SSSR count). The van der Waals surface area contributed by atoms with E-state index in [1.54, 1.807) is 0 Å². The number of piperazine rings is 1. The van der Waals surface area contributed by atoms with Crippen LogP contribution in [-0.2, 0) is 22.6 Å². The van der Waals surface area contributed by atoms with Crippen LogP contribution in [-0.4, -0.2) is 70.0 Å². The lowest BCUT2D eigenvalue weighted by atomic mass is 9.85. The normalized spacial score (nSPS) is 24.1. The molecule has 4 aliphatic heterocycles. The second kappa shape index (κ2) is 9.13. The van der Waals surface area contributed by atoms with Crippen LogP contribution in [0.3, 0.4) is 0 Å². The number of hydrogen-bond donors (Lipinski definition) is 1. The molecule has 1 aromatic heterocycles. The van der Waals surface area contributed by atoms with Gasteiger partial charge in [-0.25, -0.2) is 0 Å². The smallest absolute Gasteiger partial charge is 0.246 e. The van der Waals surface area contributed by atoms with Crippen molar-refractivity contribution in [3.05, 3.63) is 95.2 Å². The van der Waals surface area contributed by atoms with Crippen LogP contribution in [0.4, 0.5) is 0 Å². The topological polar surface area (TPSA) is 78.1 Å². The van der Waals surface area contributed by atoms with Gasteiger partial charge in [0.1, 0.15) is 12.6 Å². The Morgan fingerprint density at radius 3 is 2.65 bits per heavy atom. The number of para-hydroxylation sites is 1. The van der Waals surface area contributed by atoms with E-state index in [0.29, 0.717) is 17.9 Å². The first-order chi connectivity index (χ1) is 19.6. The summed E-state index contributed by atoms with van der Waals surface area (Å²) in [5.74, 6) is 1.39. The Morgan fingerprint density at radius 2 is 1.75 bits per heavy atom. The summed E-state index contributed by atoms with van der Waals surface area (Å²) in [4.78, 5) is 37.9. The average molecular weight is 535 g/mol. The number of nitrogens with one attached hydrogen (secondary N) is 1. The van der Waals surface area contributed by atoms with E-state index in [1.165, 1.54) is 5.56 Å². The molecule has 1 unspecified atom stereocenters. The van der Waals surface area contributed by atoms with Crippen molar-refractivity contribution in [1.82, 2.24) is 19.7 Å². The fourth-order valence-corrected chi connectivity index (χ4v) is 7.08. The number of hydrogen-bond acceptors (Lipinski definition) is 5. The number of carbonyl (C=O) groups excluding carboxylic acids is 2. The van der Waals surface area contributed by atoms with Crippen LogP contribution in [0.15, 0.2) is 72.8 Å². The van der Waals surface area contributed by atoms with Crippen molar-refractivity contribution in [2.75, 3.05) is 26.4 Å². The molecular weight excluding hydrogens is 504 g/mol. The molecule has 2 saturated heterocycles. The first-order valence-electron chi connectivity index (χ1n) is 14.0. The summed E-state index contributed by atoms with van der Waals surface area (Å²) in [5.41, 5.74) is 5.27. The number of H-pyrrole nitrogens is 1. The van der Waals surface area contributed by atoms with Crippen LogP contribution in [0.25, 0.3) is 10.9 Å². The number of ether oxygens (including phenoxy) is 2. The van der Waals surface area contributed by atoms with Gasteiger partial charge in [-0.05, 0) is 41.3 Å². The molecule has 202 valence electrons.